The van der Waals surface area contributed by atoms with E-state index in [2.05, 4.69) is 17.5 Å². The van der Waals surface area contributed by atoms with Gasteiger partial charge in [0.1, 0.15) is 6.04 Å². The zero-order valence-corrected chi connectivity index (χ0v) is 11.9. The molecule has 0 aliphatic heterocycles. The first-order valence-electron chi connectivity index (χ1n) is 6.56. The third kappa shape index (κ3) is 4.22. The molecule has 1 aromatic carbocycles. The highest BCUT2D eigenvalue weighted by molar-refractivity contribution is 7.09. The Labute approximate surface area is 122 Å². The summed E-state index contributed by atoms with van der Waals surface area (Å²) in [6.07, 6.45) is 2.16. The van der Waals surface area contributed by atoms with Crippen LogP contribution in [0.1, 0.15) is 29.3 Å². The molecule has 1 heterocycles. The fourth-order valence-corrected chi connectivity index (χ4v) is 2.70. The first-order chi connectivity index (χ1) is 9.79. The van der Waals surface area contributed by atoms with E-state index in [1.54, 1.807) is 11.3 Å². The monoisotopic (exact) mass is 284 g/mol. The summed E-state index contributed by atoms with van der Waals surface area (Å²) in [7, 11) is 0. The number of carbonyl (C=O) groups excluding carboxylic acids is 1. The Hall–Kier alpha value is -2.12. The van der Waals surface area contributed by atoms with E-state index in [9.17, 15) is 4.79 Å². The van der Waals surface area contributed by atoms with Crippen molar-refractivity contribution in [2.24, 2.45) is 0 Å². The molecule has 1 amide bonds. The van der Waals surface area contributed by atoms with Crippen molar-refractivity contribution < 1.29 is 4.79 Å². The molecular formula is C16H16N2OS. The summed E-state index contributed by atoms with van der Waals surface area (Å²) in [5.74, 6) is -0.0723. The molecule has 0 aliphatic carbocycles. The molecule has 0 radical (unpaired) electrons. The molecule has 3 nitrogen and oxygen atoms in total. The molecule has 1 unspecified atom stereocenters. The number of benzene rings is 1. The minimum Gasteiger partial charge on any atom is -0.337 e. The predicted octanol–water partition coefficient (Wildman–Crippen LogP) is 3.45. The molecule has 1 aromatic heterocycles. The zero-order chi connectivity index (χ0) is 14.2. The second-order valence-corrected chi connectivity index (χ2v) is 5.51. The van der Waals surface area contributed by atoms with Crippen LogP contribution in [0.4, 0.5) is 0 Å². The molecule has 102 valence electrons. The van der Waals surface area contributed by atoms with Crippen LogP contribution in [0.5, 0.6) is 0 Å². The highest BCUT2D eigenvalue weighted by atomic mass is 32.1. The van der Waals surface area contributed by atoms with Crippen LogP contribution in [0, 0.1) is 11.3 Å². The van der Waals surface area contributed by atoms with E-state index in [0.29, 0.717) is 6.42 Å². The fraction of sp³-hybridized carbons (Fsp3) is 0.250. The fourth-order valence-electron chi connectivity index (χ4n) is 1.95. The molecule has 2 aromatic rings. The number of nitriles is 1. The molecule has 0 saturated carbocycles. The van der Waals surface area contributed by atoms with Crippen molar-refractivity contribution in [1.29, 1.82) is 5.26 Å². The molecule has 0 spiro atoms. The first-order valence-corrected chi connectivity index (χ1v) is 7.44. The van der Waals surface area contributed by atoms with Gasteiger partial charge in [-0.2, -0.15) is 5.26 Å². The Morgan fingerprint density at radius 2 is 2.05 bits per heavy atom. The summed E-state index contributed by atoms with van der Waals surface area (Å²) in [6, 6.07) is 15.0. The van der Waals surface area contributed by atoms with E-state index in [1.165, 1.54) is 4.88 Å². The molecule has 0 aliphatic rings. The standard InChI is InChI=1S/C16H16N2OS/c17-12-15(13-6-2-1-3-7-13)18-16(19)10-4-8-14-9-5-11-20-14/h1-3,5-7,9,11,15H,4,8,10H2,(H,18,19). The number of thiophene rings is 1. The number of hydrogen-bond acceptors (Lipinski definition) is 3. The Balaban J connectivity index is 1.80. The molecule has 0 bridgehead atoms. The minimum absolute atomic E-state index is 0.0723. The second kappa shape index (κ2) is 7.46. The van der Waals surface area contributed by atoms with Crippen LogP contribution in [0.15, 0.2) is 47.8 Å². The van der Waals surface area contributed by atoms with Crippen LogP contribution in [-0.4, -0.2) is 5.91 Å². The van der Waals surface area contributed by atoms with Gasteiger partial charge in [0, 0.05) is 11.3 Å². The average Bonchev–Trinajstić information content (AvgIpc) is 2.99. The van der Waals surface area contributed by atoms with Crippen LogP contribution >= 0.6 is 11.3 Å². The lowest BCUT2D eigenvalue weighted by Crippen LogP contribution is -2.27. The Morgan fingerprint density at radius 1 is 1.25 bits per heavy atom. The lowest BCUT2D eigenvalue weighted by atomic mass is 10.1. The third-order valence-electron chi connectivity index (χ3n) is 2.97. The summed E-state index contributed by atoms with van der Waals surface area (Å²) in [5, 5.41) is 13.9. The van der Waals surface area contributed by atoms with Crippen LogP contribution in [0.2, 0.25) is 0 Å². The maximum atomic E-state index is 11.9. The smallest absolute Gasteiger partial charge is 0.221 e. The topological polar surface area (TPSA) is 52.9 Å². The molecule has 0 saturated heterocycles. The van der Waals surface area contributed by atoms with Gasteiger partial charge < -0.3 is 5.32 Å². The molecule has 2 rings (SSSR count). The van der Waals surface area contributed by atoms with Crippen LogP contribution in [-0.2, 0) is 11.2 Å². The van der Waals surface area contributed by atoms with Crippen molar-refractivity contribution in [2.75, 3.05) is 0 Å². The van der Waals surface area contributed by atoms with Crippen LogP contribution in [0.25, 0.3) is 0 Å². The quantitative estimate of drug-likeness (QED) is 0.883. The molecule has 1 N–H and O–H groups in total. The molecular weight excluding hydrogens is 268 g/mol. The van der Waals surface area contributed by atoms with E-state index < -0.39 is 6.04 Å². The Bertz CT molecular complexity index is 572. The van der Waals surface area contributed by atoms with E-state index >= 15 is 0 Å². The maximum absolute atomic E-state index is 11.9. The number of hydrogen-bond donors (Lipinski definition) is 1. The normalized spacial score (nSPS) is 11.6. The van der Waals surface area contributed by atoms with Gasteiger partial charge in [0.05, 0.1) is 6.07 Å². The first kappa shape index (κ1) is 14.3. The highest BCUT2D eigenvalue weighted by Crippen LogP contribution is 2.14. The van der Waals surface area contributed by atoms with Gasteiger partial charge in [0.25, 0.3) is 0 Å². The van der Waals surface area contributed by atoms with E-state index in [1.807, 2.05) is 41.8 Å². The van der Waals surface area contributed by atoms with Crippen molar-refractivity contribution in [3.05, 3.63) is 58.3 Å². The van der Waals surface area contributed by atoms with E-state index in [4.69, 9.17) is 5.26 Å². The largest absolute Gasteiger partial charge is 0.337 e. The van der Waals surface area contributed by atoms with Gasteiger partial charge in [-0.05, 0) is 29.9 Å². The predicted molar refractivity (Wildman–Crippen MR) is 80.2 cm³/mol. The van der Waals surface area contributed by atoms with Gasteiger partial charge in [-0.3, -0.25) is 4.79 Å². The Morgan fingerprint density at radius 3 is 2.70 bits per heavy atom. The van der Waals surface area contributed by atoms with E-state index in [0.717, 1.165) is 18.4 Å². The average molecular weight is 284 g/mol. The summed E-state index contributed by atoms with van der Waals surface area (Å²) in [6.45, 7) is 0. The van der Waals surface area contributed by atoms with Gasteiger partial charge in [0.15, 0.2) is 0 Å². The maximum Gasteiger partial charge on any atom is 0.221 e. The SMILES string of the molecule is N#CC(NC(=O)CCCc1cccs1)c1ccccc1. The highest BCUT2D eigenvalue weighted by Gasteiger charge is 2.12. The number of nitrogens with one attached hydrogen (secondary N) is 1. The Kier molecular flexibility index (Phi) is 5.33. The molecule has 0 fully saturated rings. The molecule has 1 atom stereocenters. The van der Waals surface area contributed by atoms with Crippen molar-refractivity contribution in [3.8, 4) is 6.07 Å². The van der Waals surface area contributed by atoms with Gasteiger partial charge in [-0.25, -0.2) is 0 Å². The number of carbonyl (C=O) groups is 1. The number of nitrogens with zero attached hydrogens (tertiary/aromatic N) is 1. The summed E-state index contributed by atoms with van der Waals surface area (Å²) in [4.78, 5) is 13.1. The number of aryl methyl sites for hydroxylation is 1. The van der Waals surface area contributed by atoms with Crippen molar-refractivity contribution >= 4 is 17.2 Å². The van der Waals surface area contributed by atoms with Gasteiger partial charge >= 0.3 is 0 Å². The molecule has 4 heteroatoms. The summed E-state index contributed by atoms with van der Waals surface area (Å²) < 4.78 is 0. The second-order valence-electron chi connectivity index (χ2n) is 4.47. The van der Waals surface area contributed by atoms with Crippen molar-refractivity contribution in [2.45, 2.75) is 25.3 Å². The van der Waals surface area contributed by atoms with Crippen molar-refractivity contribution in [1.82, 2.24) is 5.32 Å². The van der Waals surface area contributed by atoms with Gasteiger partial charge in [-0.1, -0.05) is 36.4 Å². The third-order valence-corrected chi connectivity index (χ3v) is 3.91. The lowest BCUT2D eigenvalue weighted by molar-refractivity contribution is -0.121. The van der Waals surface area contributed by atoms with Crippen LogP contribution < -0.4 is 5.32 Å². The minimum atomic E-state index is -0.564. The summed E-state index contributed by atoms with van der Waals surface area (Å²) in [5.41, 5.74) is 0.821. The number of amides is 1. The summed E-state index contributed by atoms with van der Waals surface area (Å²) >= 11 is 1.71. The number of rotatable bonds is 6. The van der Waals surface area contributed by atoms with Gasteiger partial charge in [-0.15, -0.1) is 11.3 Å². The van der Waals surface area contributed by atoms with Crippen molar-refractivity contribution in [3.63, 3.8) is 0 Å². The molecule has 20 heavy (non-hydrogen) atoms. The van der Waals surface area contributed by atoms with Gasteiger partial charge in [0.2, 0.25) is 5.91 Å². The lowest BCUT2D eigenvalue weighted by Gasteiger charge is -2.11. The zero-order valence-electron chi connectivity index (χ0n) is 11.1. The van der Waals surface area contributed by atoms with Crippen LogP contribution in [0.3, 0.4) is 0 Å². The van der Waals surface area contributed by atoms with E-state index in [-0.39, 0.29) is 5.91 Å².